The molecule has 0 saturated carbocycles. The van der Waals surface area contributed by atoms with Crippen LogP contribution in [-0.2, 0) is 20.7 Å². The molecule has 1 atom stereocenters. The Hall–Kier alpha value is -4.79. The molecule has 1 N–H and O–H groups in total. The average Bonchev–Trinajstić information content (AvgIpc) is 3.37. The van der Waals surface area contributed by atoms with Gasteiger partial charge in [-0.1, -0.05) is 66.7 Å². The maximum absolute atomic E-state index is 13.1. The Morgan fingerprint density at radius 2 is 1.75 bits per heavy atom. The first-order valence-corrected chi connectivity index (χ1v) is 11.2. The molecule has 1 heterocycles. The minimum atomic E-state index is -1.30. The van der Waals surface area contributed by atoms with E-state index in [-0.39, 0.29) is 24.2 Å². The summed E-state index contributed by atoms with van der Waals surface area (Å²) in [5, 5.41) is 14.0. The first-order valence-electron chi connectivity index (χ1n) is 11.2. The van der Waals surface area contributed by atoms with Crippen LogP contribution in [0, 0.1) is 17.0 Å². The van der Waals surface area contributed by atoms with Gasteiger partial charge in [-0.15, -0.1) is 0 Å². The fourth-order valence-electron chi connectivity index (χ4n) is 3.56. The number of nitro groups is 1. The molecule has 4 rings (SSSR count). The molecule has 4 aromatic rings. The van der Waals surface area contributed by atoms with Gasteiger partial charge in [0.2, 0.25) is 6.10 Å². The van der Waals surface area contributed by atoms with Crippen molar-refractivity contribution in [1.29, 1.82) is 0 Å². The molecular weight excluding hydrogens is 462 g/mol. The summed E-state index contributed by atoms with van der Waals surface area (Å²) in [6.07, 6.45) is 0.392. The van der Waals surface area contributed by atoms with E-state index < -0.39 is 22.9 Å². The van der Waals surface area contributed by atoms with Gasteiger partial charge in [0.05, 0.1) is 17.5 Å². The standard InChI is InChI=1S/C27H23N3O6/c1-18-12-13-21(22(16-18)30(33)34)29-27(32)26(20-10-6-3-7-11-20)36-25(31)15-14-24-28-17-23(35-24)19-8-4-2-5-9-19/h2-13,16-17,26H,14-15H2,1H3,(H,29,32). The van der Waals surface area contributed by atoms with Gasteiger partial charge < -0.3 is 14.5 Å². The van der Waals surface area contributed by atoms with Crippen molar-refractivity contribution in [3.8, 4) is 11.3 Å². The zero-order valence-corrected chi connectivity index (χ0v) is 19.4. The Morgan fingerprint density at radius 3 is 2.44 bits per heavy atom. The second-order valence-corrected chi connectivity index (χ2v) is 8.03. The highest BCUT2D eigenvalue weighted by Crippen LogP contribution is 2.28. The molecule has 0 aliphatic carbocycles. The van der Waals surface area contributed by atoms with Crippen molar-refractivity contribution in [2.45, 2.75) is 25.9 Å². The lowest BCUT2D eigenvalue weighted by atomic mass is 10.1. The molecule has 9 heteroatoms. The topological polar surface area (TPSA) is 125 Å². The van der Waals surface area contributed by atoms with E-state index in [1.54, 1.807) is 49.5 Å². The molecule has 0 spiro atoms. The first-order chi connectivity index (χ1) is 17.4. The number of amides is 1. The number of rotatable bonds is 9. The van der Waals surface area contributed by atoms with E-state index in [0.717, 1.165) is 5.56 Å². The molecule has 9 nitrogen and oxygen atoms in total. The molecule has 182 valence electrons. The lowest BCUT2D eigenvalue weighted by Crippen LogP contribution is -2.26. The number of aryl methyl sites for hydroxylation is 2. The van der Waals surface area contributed by atoms with E-state index in [0.29, 0.717) is 22.8 Å². The number of carbonyl (C=O) groups excluding carboxylic acids is 2. The van der Waals surface area contributed by atoms with Crippen molar-refractivity contribution in [2.75, 3.05) is 5.32 Å². The number of oxazole rings is 1. The third-order valence-corrected chi connectivity index (χ3v) is 5.35. The maximum Gasteiger partial charge on any atom is 0.307 e. The third-order valence-electron chi connectivity index (χ3n) is 5.35. The van der Waals surface area contributed by atoms with E-state index in [2.05, 4.69) is 10.3 Å². The number of aromatic nitrogens is 1. The Balaban J connectivity index is 1.46. The van der Waals surface area contributed by atoms with Crippen LogP contribution in [0.3, 0.4) is 0 Å². The summed E-state index contributed by atoms with van der Waals surface area (Å²) in [6.45, 7) is 1.71. The number of esters is 1. The Bertz CT molecular complexity index is 1370. The summed E-state index contributed by atoms with van der Waals surface area (Å²) < 4.78 is 11.2. The smallest absolute Gasteiger partial charge is 0.307 e. The van der Waals surface area contributed by atoms with Crippen LogP contribution in [0.25, 0.3) is 11.3 Å². The predicted molar refractivity (Wildman–Crippen MR) is 132 cm³/mol. The summed E-state index contributed by atoms with van der Waals surface area (Å²) in [5.74, 6) is -0.400. The van der Waals surface area contributed by atoms with Crippen LogP contribution < -0.4 is 5.32 Å². The van der Waals surface area contributed by atoms with E-state index in [1.165, 1.54) is 12.1 Å². The zero-order valence-electron chi connectivity index (χ0n) is 19.4. The second-order valence-electron chi connectivity index (χ2n) is 8.03. The average molecular weight is 485 g/mol. The number of nitro benzene ring substituents is 1. The fourth-order valence-corrected chi connectivity index (χ4v) is 3.56. The molecule has 3 aromatic carbocycles. The maximum atomic E-state index is 13.1. The zero-order chi connectivity index (χ0) is 25.5. The SMILES string of the molecule is Cc1ccc(NC(=O)C(OC(=O)CCc2ncc(-c3ccccc3)o2)c2ccccc2)c([N+](=O)[O-])c1. The number of carbonyl (C=O) groups is 2. The molecule has 0 aliphatic heterocycles. The summed E-state index contributed by atoms with van der Waals surface area (Å²) in [6, 6.07) is 22.3. The van der Waals surface area contributed by atoms with Crippen molar-refractivity contribution >= 4 is 23.3 Å². The highest BCUT2D eigenvalue weighted by molar-refractivity contribution is 5.97. The van der Waals surface area contributed by atoms with E-state index in [1.807, 2.05) is 30.3 Å². The van der Waals surface area contributed by atoms with Crippen molar-refractivity contribution in [3.05, 3.63) is 112 Å². The van der Waals surface area contributed by atoms with Gasteiger partial charge in [-0.25, -0.2) is 4.98 Å². The van der Waals surface area contributed by atoms with E-state index in [9.17, 15) is 19.7 Å². The van der Waals surface area contributed by atoms with Crippen LogP contribution in [0.2, 0.25) is 0 Å². The molecular formula is C27H23N3O6. The predicted octanol–water partition coefficient (Wildman–Crippen LogP) is 5.41. The lowest BCUT2D eigenvalue weighted by Gasteiger charge is -2.18. The van der Waals surface area contributed by atoms with E-state index >= 15 is 0 Å². The number of anilines is 1. The van der Waals surface area contributed by atoms with Crippen LogP contribution in [0.1, 0.15) is 29.5 Å². The first kappa shape index (κ1) is 24.3. The minimum absolute atomic E-state index is 0.0146. The number of hydrogen-bond donors (Lipinski definition) is 1. The van der Waals surface area contributed by atoms with Gasteiger partial charge in [0, 0.05) is 23.6 Å². The van der Waals surface area contributed by atoms with Gasteiger partial charge in [0.1, 0.15) is 5.69 Å². The third kappa shape index (κ3) is 6.01. The van der Waals surface area contributed by atoms with Gasteiger partial charge in [-0.2, -0.15) is 0 Å². The van der Waals surface area contributed by atoms with E-state index in [4.69, 9.17) is 9.15 Å². The molecule has 1 aromatic heterocycles. The molecule has 1 unspecified atom stereocenters. The Kier molecular flexibility index (Phi) is 7.50. The molecule has 0 radical (unpaired) electrons. The van der Waals surface area contributed by atoms with Crippen molar-refractivity contribution in [3.63, 3.8) is 0 Å². The molecule has 0 fully saturated rings. The fraction of sp³-hybridized carbons (Fsp3) is 0.148. The number of benzene rings is 3. The van der Waals surface area contributed by atoms with Crippen LogP contribution in [0.4, 0.5) is 11.4 Å². The summed E-state index contributed by atoms with van der Waals surface area (Å²) >= 11 is 0. The summed E-state index contributed by atoms with van der Waals surface area (Å²) in [4.78, 5) is 40.8. The monoisotopic (exact) mass is 485 g/mol. The highest BCUT2D eigenvalue weighted by Gasteiger charge is 2.27. The Labute approximate surface area is 206 Å². The van der Waals surface area contributed by atoms with Crippen LogP contribution in [-0.4, -0.2) is 21.8 Å². The Morgan fingerprint density at radius 1 is 1.06 bits per heavy atom. The summed E-state index contributed by atoms with van der Waals surface area (Å²) in [5.41, 5.74) is 1.73. The van der Waals surface area contributed by atoms with Crippen LogP contribution >= 0.6 is 0 Å². The molecule has 0 aliphatic rings. The van der Waals surface area contributed by atoms with Gasteiger partial charge in [0.15, 0.2) is 11.7 Å². The van der Waals surface area contributed by atoms with Crippen molar-refractivity contribution in [1.82, 2.24) is 4.98 Å². The largest absolute Gasteiger partial charge is 0.447 e. The number of hydrogen-bond acceptors (Lipinski definition) is 7. The van der Waals surface area contributed by atoms with Gasteiger partial charge >= 0.3 is 5.97 Å². The molecule has 1 amide bonds. The summed E-state index contributed by atoms with van der Waals surface area (Å²) in [7, 11) is 0. The quantitative estimate of drug-likeness (QED) is 0.191. The van der Waals surface area contributed by atoms with Gasteiger partial charge in [-0.05, 0) is 18.6 Å². The van der Waals surface area contributed by atoms with Gasteiger partial charge in [0.25, 0.3) is 11.6 Å². The number of ether oxygens (including phenoxy) is 1. The highest BCUT2D eigenvalue weighted by atomic mass is 16.6. The number of nitrogens with one attached hydrogen (secondary N) is 1. The lowest BCUT2D eigenvalue weighted by molar-refractivity contribution is -0.384. The van der Waals surface area contributed by atoms with Crippen molar-refractivity contribution < 1.29 is 23.7 Å². The molecule has 0 saturated heterocycles. The number of nitrogens with zero attached hydrogens (tertiary/aromatic N) is 2. The minimum Gasteiger partial charge on any atom is -0.447 e. The molecule has 36 heavy (non-hydrogen) atoms. The van der Waals surface area contributed by atoms with Crippen LogP contribution in [0.15, 0.2) is 89.5 Å². The van der Waals surface area contributed by atoms with Gasteiger partial charge in [-0.3, -0.25) is 19.7 Å². The normalized spacial score (nSPS) is 11.5. The van der Waals surface area contributed by atoms with Crippen molar-refractivity contribution in [2.24, 2.45) is 0 Å². The second kappa shape index (κ2) is 11.1. The van der Waals surface area contributed by atoms with Crippen LogP contribution in [0.5, 0.6) is 0 Å². The molecule has 0 bridgehead atoms.